The molecule has 7 heteroatoms. The van der Waals surface area contributed by atoms with E-state index in [9.17, 15) is 18.6 Å². The quantitative estimate of drug-likeness (QED) is 0.316. The standard InChI is InChI=1S/C35H41NO4S2/c1-33-17-14-27(37)21-26(33)12-13-29-30(33)15-18-34(2)31(29)16-19-35(34,38)23-36(42(39,40)32-11-6-20-41-32)22-25-9-5-8-24-7-3-4-10-28(24)25/h3-13,20,27,30-31,37-38H,14-19,21-23H2,1-2H3. The first-order chi connectivity index (χ1) is 20.1. The fraction of sp³-hybridized carbons (Fsp3) is 0.486. The van der Waals surface area contributed by atoms with Gasteiger partial charge in [0.25, 0.3) is 10.0 Å². The fourth-order valence-electron chi connectivity index (χ4n) is 9.03. The Bertz CT molecular complexity index is 1670. The third-order valence-electron chi connectivity index (χ3n) is 11.6. The van der Waals surface area contributed by atoms with Crippen LogP contribution in [0.3, 0.4) is 0 Å². The molecule has 6 atom stereocenters. The first-order valence-corrected chi connectivity index (χ1v) is 17.7. The van der Waals surface area contributed by atoms with E-state index in [0.29, 0.717) is 16.5 Å². The molecule has 0 amide bonds. The summed E-state index contributed by atoms with van der Waals surface area (Å²) in [6.07, 6.45) is 10.2. The van der Waals surface area contributed by atoms with Crippen LogP contribution in [-0.2, 0) is 16.6 Å². The summed E-state index contributed by atoms with van der Waals surface area (Å²) < 4.78 is 30.2. The number of aliphatic hydroxyl groups is 2. The number of sulfonamides is 1. The van der Waals surface area contributed by atoms with Crippen molar-refractivity contribution in [3.63, 3.8) is 0 Å². The lowest BCUT2D eigenvalue weighted by atomic mass is 9.50. The zero-order valence-corrected chi connectivity index (χ0v) is 26.1. The number of thiophene rings is 1. The molecule has 0 aliphatic heterocycles. The number of hydrogen-bond donors (Lipinski definition) is 2. The van der Waals surface area contributed by atoms with Gasteiger partial charge in [-0.05, 0) is 90.0 Å². The Morgan fingerprint density at radius 3 is 2.52 bits per heavy atom. The molecule has 0 saturated heterocycles. The molecule has 6 unspecified atom stereocenters. The van der Waals surface area contributed by atoms with Crippen LogP contribution in [-0.4, -0.2) is 41.2 Å². The number of allylic oxidation sites excluding steroid dienone is 3. The van der Waals surface area contributed by atoms with E-state index in [-0.39, 0.29) is 30.5 Å². The zero-order valence-electron chi connectivity index (χ0n) is 24.5. The van der Waals surface area contributed by atoms with Gasteiger partial charge in [-0.1, -0.05) is 85.7 Å². The SMILES string of the molecule is CC12CCC(O)CC1=CC=C1C2CCC2(C)C1CCC2(O)CN(Cc1cccc2ccccc12)S(=O)(=O)c1cccs1. The largest absolute Gasteiger partial charge is 0.393 e. The molecule has 4 aliphatic carbocycles. The topological polar surface area (TPSA) is 77.8 Å². The highest BCUT2D eigenvalue weighted by molar-refractivity contribution is 7.91. The average Bonchev–Trinajstić information content (AvgIpc) is 3.61. The summed E-state index contributed by atoms with van der Waals surface area (Å²) in [5.74, 6) is 0.638. The maximum absolute atomic E-state index is 14.2. The second kappa shape index (κ2) is 10.1. The second-order valence-electron chi connectivity index (χ2n) is 13.6. The number of fused-ring (bicyclic) bond motifs is 6. The lowest BCUT2D eigenvalue weighted by Gasteiger charge is -2.56. The molecule has 4 aliphatic rings. The predicted molar refractivity (Wildman–Crippen MR) is 168 cm³/mol. The van der Waals surface area contributed by atoms with Gasteiger partial charge in [0.2, 0.25) is 0 Å². The molecule has 42 heavy (non-hydrogen) atoms. The van der Waals surface area contributed by atoms with E-state index in [1.54, 1.807) is 21.8 Å². The van der Waals surface area contributed by atoms with Gasteiger partial charge in [0.05, 0.1) is 11.7 Å². The van der Waals surface area contributed by atoms with Gasteiger partial charge in [-0.15, -0.1) is 11.3 Å². The van der Waals surface area contributed by atoms with E-state index in [2.05, 4.69) is 38.1 Å². The first-order valence-electron chi connectivity index (χ1n) is 15.4. The minimum atomic E-state index is -3.82. The minimum Gasteiger partial charge on any atom is -0.393 e. The Kier molecular flexibility index (Phi) is 6.87. The average molecular weight is 604 g/mol. The Labute approximate surface area is 253 Å². The van der Waals surface area contributed by atoms with Crippen molar-refractivity contribution in [2.75, 3.05) is 6.54 Å². The van der Waals surface area contributed by atoms with Gasteiger partial charge in [-0.2, -0.15) is 4.31 Å². The Hall–Kier alpha value is -2.29. The Balaban J connectivity index is 1.24. The molecule has 7 rings (SSSR count). The maximum Gasteiger partial charge on any atom is 0.252 e. The Morgan fingerprint density at radius 1 is 0.929 bits per heavy atom. The van der Waals surface area contributed by atoms with Crippen molar-refractivity contribution in [3.8, 4) is 0 Å². The van der Waals surface area contributed by atoms with Crippen LogP contribution in [0.2, 0.25) is 0 Å². The van der Waals surface area contributed by atoms with Gasteiger partial charge in [0.1, 0.15) is 4.21 Å². The highest BCUT2D eigenvalue weighted by Gasteiger charge is 2.62. The van der Waals surface area contributed by atoms with Crippen molar-refractivity contribution in [2.24, 2.45) is 22.7 Å². The number of benzene rings is 2. The zero-order chi connectivity index (χ0) is 29.3. The van der Waals surface area contributed by atoms with E-state index in [4.69, 9.17) is 0 Å². The lowest BCUT2D eigenvalue weighted by Crippen LogP contribution is -2.56. The summed E-state index contributed by atoms with van der Waals surface area (Å²) in [7, 11) is -3.82. The van der Waals surface area contributed by atoms with E-state index in [1.807, 2.05) is 30.3 Å². The molecular weight excluding hydrogens is 563 g/mol. The molecule has 222 valence electrons. The maximum atomic E-state index is 14.2. The second-order valence-corrected chi connectivity index (χ2v) is 16.8. The highest BCUT2D eigenvalue weighted by Crippen LogP contribution is 2.66. The molecular formula is C35H41NO4S2. The molecule has 0 bridgehead atoms. The number of aliphatic hydroxyl groups excluding tert-OH is 1. The smallest absolute Gasteiger partial charge is 0.252 e. The molecule has 1 heterocycles. The summed E-state index contributed by atoms with van der Waals surface area (Å²) in [4.78, 5) is 0. The summed E-state index contributed by atoms with van der Waals surface area (Å²) in [5.41, 5.74) is 2.24. The molecule has 5 nitrogen and oxygen atoms in total. The van der Waals surface area contributed by atoms with Crippen molar-refractivity contribution in [2.45, 2.75) is 81.3 Å². The normalized spacial score (nSPS) is 34.5. The van der Waals surface area contributed by atoms with Crippen LogP contribution in [0.1, 0.15) is 64.4 Å². The number of nitrogens with zero attached hydrogens (tertiary/aromatic N) is 1. The summed E-state index contributed by atoms with van der Waals surface area (Å²) in [5, 5.41) is 26.9. The number of hydrogen-bond acceptors (Lipinski definition) is 5. The molecule has 3 aromatic rings. The van der Waals surface area contributed by atoms with Crippen LogP contribution < -0.4 is 0 Å². The summed E-state index contributed by atoms with van der Waals surface area (Å²) in [6.45, 7) is 4.88. The van der Waals surface area contributed by atoms with Gasteiger partial charge in [-0.3, -0.25) is 0 Å². The van der Waals surface area contributed by atoms with E-state index < -0.39 is 21.0 Å². The Morgan fingerprint density at radius 2 is 1.71 bits per heavy atom. The summed E-state index contributed by atoms with van der Waals surface area (Å²) >= 11 is 1.23. The van der Waals surface area contributed by atoms with Crippen LogP contribution in [0.25, 0.3) is 10.8 Å². The fourth-order valence-corrected chi connectivity index (χ4v) is 11.6. The van der Waals surface area contributed by atoms with E-state index >= 15 is 0 Å². The monoisotopic (exact) mass is 603 g/mol. The van der Waals surface area contributed by atoms with Crippen LogP contribution in [0.15, 0.2) is 87.5 Å². The lowest BCUT2D eigenvalue weighted by molar-refractivity contribution is -0.0933. The molecule has 2 N–H and O–H groups in total. The van der Waals surface area contributed by atoms with Crippen LogP contribution in [0.4, 0.5) is 0 Å². The van der Waals surface area contributed by atoms with Gasteiger partial charge in [0.15, 0.2) is 0 Å². The molecule has 0 spiro atoms. The molecule has 3 saturated carbocycles. The van der Waals surface area contributed by atoms with Crippen molar-refractivity contribution in [1.29, 1.82) is 0 Å². The molecule has 2 aromatic carbocycles. The summed E-state index contributed by atoms with van der Waals surface area (Å²) in [6, 6.07) is 17.6. The molecule has 1 aromatic heterocycles. The van der Waals surface area contributed by atoms with Crippen molar-refractivity contribution < 1.29 is 18.6 Å². The molecule has 0 radical (unpaired) electrons. The van der Waals surface area contributed by atoms with E-state index in [1.165, 1.54) is 22.5 Å². The van der Waals surface area contributed by atoms with Crippen molar-refractivity contribution in [1.82, 2.24) is 4.31 Å². The van der Waals surface area contributed by atoms with Crippen molar-refractivity contribution >= 4 is 32.1 Å². The third kappa shape index (κ3) is 4.30. The van der Waals surface area contributed by atoms with Gasteiger partial charge < -0.3 is 10.2 Å². The van der Waals surface area contributed by atoms with Crippen LogP contribution in [0.5, 0.6) is 0 Å². The highest BCUT2D eigenvalue weighted by atomic mass is 32.2. The van der Waals surface area contributed by atoms with Gasteiger partial charge in [-0.25, -0.2) is 8.42 Å². The van der Waals surface area contributed by atoms with Gasteiger partial charge in [0, 0.05) is 18.5 Å². The molecule has 3 fully saturated rings. The number of rotatable bonds is 6. The van der Waals surface area contributed by atoms with E-state index in [0.717, 1.165) is 54.9 Å². The van der Waals surface area contributed by atoms with Gasteiger partial charge >= 0.3 is 0 Å². The predicted octanol–water partition coefficient (Wildman–Crippen LogP) is 7.07. The van der Waals surface area contributed by atoms with Crippen LogP contribution in [0, 0.1) is 22.7 Å². The first kappa shape index (κ1) is 28.5. The minimum absolute atomic E-state index is 0.0638. The third-order valence-corrected chi connectivity index (χ3v) is 14.8. The van der Waals surface area contributed by atoms with Crippen LogP contribution >= 0.6 is 11.3 Å². The van der Waals surface area contributed by atoms with Crippen molar-refractivity contribution in [3.05, 3.63) is 88.8 Å².